The zero-order valence-corrected chi connectivity index (χ0v) is 7.25. The van der Waals surface area contributed by atoms with Crippen LogP contribution >= 0.6 is 0 Å². The largest absolute Gasteiger partial charge is 0.365 e. The van der Waals surface area contributed by atoms with Crippen molar-refractivity contribution >= 4 is 0 Å². The summed E-state index contributed by atoms with van der Waals surface area (Å²) in [6, 6.07) is 0. The van der Waals surface area contributed by atoms with E-state index in [4.69, 9.17) is 4.74 Å². The van der Waals surface area contributed by atoms with Crippen LogP contribution in [0.3, 0.4) is 0 Å². The van der Waals surface area contributed by atoms with Crippen molar-refractivity contribution in [2.24, 2.45) is 17.8 Å². The lowest BCUT2D eigenvalue weighted by Gasteiger charge is -2.47. The van der Waals surface area contributed by atoms with Crippen LogP contribution in [0.5, 0.6) is 0 Å². The summed E-state index contributed by atoms with van der Waals surface area (Å²) in [6.45, 7) is 4.25. The number of epoxide rings is 1. The molecule has 1 nitrogen and oxygen atoms in total. The fourth-order valence-corrected chi connectivity index (χ4v) is 4.15. The van der Waals surface area contributed by atoms with Gasteiger partial charge in [-0.1, -0.05) is 12.2 Å². The maximum absolute atomic E-state index is 5.90. The molecule has 1 spiro atoms. The number of hydrogen-bond acceptors (Lipinski definition) is 1. The minimum atomic E-state index is 0.387. The van der Waals surface area contributed by atoms with E-state index in [1.54, 1.807) is 0 Å². The molecule has 1 heterocycles. The first kappa shape index (κ1) is 6.20. The van der Waals surface area contributed by atoms with Crippen molar-refractivity contribution < 1.29 is 4.74 Å². The van der Waals surface area contributed by atoms with Gasteiger partial charge >= 0.3 is 0 Å². The lowest BCUT2D eigenvalue weighted by Crippen LogP contribution is -2.46. The van der Waals surface area contributed by atoms with Crippen molar-refractivity contribution in [1.29, 1.82) is 0 Å². The van der Waals surface area contributed by atoms with Crippen molar-refractivity contribution in [3.8, 4) is 0 Å². The molecule has 5 atom stereocenters. The molecule has 4 saturated carbocycles. The Morgan fingerprint density at radius 2 is 2.25 bits per heavy atom. The van der Waals surface area contributed by atoms with Gasteiger partial charge in [-0.05, 0) is 37.5 Å². The molecule has 12 heavy (non-hydrogen) atoms. The topological polar surface area (TPSA) is 12.5 Å². The Labute approximate surface area is 72.8 Å². The van der Waals surface area contributed by atoms with Crippen LogP contribution in [-0.2, 0) is 4.74 Å². The third kappa shape index (κ3) is 0.490. The molecule has 4 bridgehead atoms. The Morgan fingerprint density at radius 1 is 1.33 bits per heavy atom. The Balaban J connectivity index is 1.87. The molecule has 1 saturated heterocycles. The van der Waals surface area contributed by atoms with Gasteiger partial charge in [-0.3, -0.25) is 0 Å². The average molecular weight is 162 g/mol. The first-order valence-corrected chi connectivity index (χ1v) is 5.15. The summed E-state index contributed by atoms with van der Waals surface area (Å²) in [6.07, 6.45) is 6.11. The van der Waals surface area contributed by atoms with Gasteiger partial charge in [0, 0.05) is 5.92 Å². The van der Waals surface area contributed by atoms with Crippen molar-refractivity contribution in [2.45, 2.75) is 37.4 Å². The second-order valence-electron chi connectivity index (χ2n) is 5.23. The van der Waals surface area contributed by atoms with E-state index < -0.39 is 0 Å². The highest BCUT2D eigenvalue weighted by Gasteiger charge is 2.69. The Morgan fingerprint density at radius 3 is 3.17 bits per heavy atom. The summed E-state index contributed by atoms with van der Waals surface area (Å²) >= 11 is 0. The van der Waals surface area contributed by atoms with Crippen molar-refractivity contribution in [3.05, 3.63) is 12.2 Å². The van der Waals surface area contributed by atoms with E-state index in [2.05, 4.69) is 6.58 Å². The van der Waals surface area contributed by atoms with Crippen molar-refractivity contribution in [2.75, 3.05) is 0 Å². The molecule has 0 aromatic rings. The van der Waals surface area contributed by atoms with E-state index in [-0.39, 0.29) is 0 Å². The molecule has 0 radical (unpaired) electrons. The maximum atomic E-state index is 5.90. The molecule has 5 fully saturated rings. The molecule has 1 heteroatoms. The highest BCUT2D eigenvalue weighted by molar-refractivity contribution is 5.30. The van der Waals surface area contributed by atoms with E-state index in [1.165, 1.54) is 31.3 Å². The fourth-order valence-electron chi connectivity index (χ4n) is 4.15. The molecular weight excluding hydrogens is 148 g/mol. The summed E-state index contributed by atoms with van der Waals surface area (Å²) in [5, 5.41) is 0. The average Bonchev–Trinajstić information content (AvgIpc) is 2.72. The van der Waals surface area contributed by atoms with E-state index in [9.17, 15) is 0 Å². The summed E-state index contributed by atoms with van der Waals surface area (Å²) < 4.78 is 5.90. The highest BCUT2D eigenvalue weighted by atomic mass is 16.6. The summed E-state index contributed by atoms with van der Waals surface area (Å²) in [7, 11) is 0. The molecule has 64 valence electrons. The van der Waals surface area contributed by atoms with Crippen LogP contribution in [0, 0.1) is 17.8 Å². The van der Waals surface area contributed by atoms with Crippen LogP contribution in [0.1, 0.15) is 25.7 Å². The predicted molar refractivity (Wildman–Crippen MR) is 45.7 cm³/mol. The van der Waals surface area contributed by atoms with Crippen LogP contribution < -0.4 is 0 Å². The Kier molecular flexibility index (Phi) is 0.787. The Hall–Kier alpha value is -0.300. The summed E-state index contributed by atoms with van der Waals surface area (Å²) in [5.41, 5.74) is 1.92. The number of ether oxygens (including phenoxy) is 1. The zero-order chi connectivity index (χ0) is 7.92. The fraction of sp³-hybridized carbons (Fsp3) is 0.818. The first-order valence-electron chi connectivity index (χ1n) is 5.15. The van der Waals surface area contributed by atoms with E-state index >= 15 is 0 Å². The molecule has 0 aromatic heterocycles. The third-order valence-electron chi connectivity index (χ3n) is 4.62. The van der Waals surface area contributed by atoms with Gasteiger partial charge in [0.1, 0.15) is 0 Å². The zero-order valence-electron chi connectivity index (χ0n) is 7.25. The standard InChI is InChI=1S/C11H14O/c1-6-8-2-7-3-9(6)10-11(4-7,5-8)12-10/h7-10H,1-5H2. The van der Waals surface area contributed by atoms with Gasteiger partial charge in [0.15, 0.2) is 0 Å². The predicted octanol–water partition coefficient (Wildman–Crippen LogP) is 2.13. The quantitative estimate of drug-likeness (QED) is 0.392. The SMILES string of the molecule is C=C1C2CC3CC1C1OC1(C3)C2. The lowest BCUT2D eigenvalue weighted by molar-refractivity contribution is 0.107. The molecule has 5 unspecified atom stereocenters. The monoisotopic (exact) mass is 162 g/mol. The van der Waals surface area contributed by atoms with E-state index in [1.807, 2.05) is 0 Å². The van der Waals surface area contributed by atoms with Gasteiger partial charge in [-0.15, -0.1) is 0 Å². The minimum absolute atomic E-state index is 0.387. The van der Waals surface area contributed by atoms with Crippen LogP contribution in [0.15, 0.2) is 12.2 Å². The van der Waals surface area contributed by atoms with Crippen LogP contribution in [-0.4, -0.2) is 11.7 Å². The normalized spacial score (nSPS) is 65.2. The molecule has 0 aromatic carbocycles. The minimum Gasteiger partial charge on any atom is -0.365 e. The molecule has 5 rings (SSSR count). The smallest absolute Gasteiger partial charge is 0.0963 e. The highest BCUT2D eigenvalue weighted by Crippen LogP contribution is 2.67. The summed E-state index contributed by atoms with van der Waals surface area (Å²) in [4.78, 5) is 0. The van der Waals surface area contributed by atoms with Crippen LogP contribution in [0.4, 0.5) is 0 Å². The van der Waals surface area contributed by atoms with Crippen molar-refractivity contribution in [3.63, 3.8) is 0 Å². The molecule has 1 aliphatic heterocycles. The number of rotatable bonds is 0. The molecule has 5 aliphatic rings. The van der Waals surface area contributed by atoms with Gasteiger partial charge in [-0.25, -0.2) is 0 Å². The Bertz CT molecular complexity index is 283. The maximum Gasteiger partial charge on any atom is 0.0963 e. The second kappa shape index (κ2) is 1.52. The van der Waals surface area contributed by atoms with Gasteiger partial charge in [0.2, 0.25) is 0 Å². The molecule has 0 amide bonds. The second-order valence-corrected chi connectivity index (χ2v) is 5.23. The summed E-state index contributed by atoms with van der Waals surface area (Å²) in [5.74, 6) is 2.58. The van der Waals surface area contributed by atoms with E-state index in [0.29, 0.717) is 11.7 Å². The molecule has 0 N–H and O–H groups in total. The number of hydrogen-bond donors (Lipinski definition) is 0. The lowest BCUT2D eigenvalue weighted by atomic mass is 9.54. The van der Waals surface area contributed by atoms with Gasteiger partial charge in [0.05, 0.1) is 11.7 Å². The first-order chi connectivity index (χ1) is 5.78. The van der Waals surface area contributed by atoms with Gasteiger partial charge in [-0.2, -0.15) is 0 Å². The van der Waals surface area contributed by atoms with Crippen LogP contribution in [0.2, 0.25) is 0 Å². The van der Waals surface area contributed by atoms with Crippen molar-refractivity contribution in [1.82, 2.24) is 0 Å². The molecule has 4 aliphatic carbocycles. The van der Waals surface area contributed by atoms with Crippen LogP contribution in [0.25, 0.3) is 0 Å². The van der Waals surface area contributed by atoms with Gasteiger partial charge < -0.3 is 4.74 Å². The molecular formula is C11H14O. The van der Waals surface area contributed by atoms with E-state index in [0.717, 1.165) is 17.8 Å². The third-order valence-corrected chi connectivity index (χ3v) is 4.62. The van der Waals surface area contributed by atoms with Gasteiger partial charge in [0.25, 0.3) is 0 Å².